The van der Waals surface area contributed by atoms with Gasteiger partial charge in [0.25, 0.3) is 0 Å². The first-order valence-corrected chi connectivity index (χ1v) is 5.63. The second-order valence-corrected chi connectivity index (χ2v) is 4.08. The molecule has 0 saturated heterocycles. The number of benzene rings is 1. The summed E-state index contributed by atoms with van der Waals surface area (Å²) in [6.45, 7) is 2.49. The van der Waals surface area contributed by atoms with Crippen molar-refractivity contribution in [3.05, 3.63) is 41.7 Å². The van der Waals surface area contributed by atoms with Gasteiger partial charge in [-0.25, -0.2) is 0 Å². The number of rotatable bonds is 4. The first-order chi connectivity index (χ1) is 8.61. The molecule has 0 aliphatic rings. The molecule has 0 atom stereocenters. The lowest BCUT2D eigenvalue weighted by atomic mass is 9.79. The maximum Gasteiger partial charge on any atom is 0.488 e. The van der Waals surface area contributed by atoms with E-state index in [0.29, 0.717) is 17.8 Å². The average molecular weight is 246 g/mol. The highest BCUT2D eigenvalue weighted by Crippen LogP contribution is 2.18. The van der Waals surface area contributed by atoms with Crippen LogP contribution in [0.2, 0.25) is 0 Å². The number of hydrogen-bond acceptors (Lipinski definition) is 4. The Bertz CT molecular complexity index is 540. The summed E-state index contributed by atoms with van der Waals surface area (Å²) in [6.07, 6.45) is 1.73. The molecular formula is C12H15BN2O3. The fourth-order valence-electron chi connectivity index (χ4n) is 1.81. The molecule has 0 saturated carbocycles. The molecule has 0 amide bonds. The Hall–Kier alpha value is -1.79. The van der Waals surface area contributed by atoms with Gasteiger partial charge in [0.05, 0.1) is 13.7 Å². The highest BCUT2D eigenvalue weighted by molar-refractivity contribution is 6.58. The lowest BCUT2D eigenvalue weighted by molar-refractivity contribution is 0.406. The molecule has 0 radical (unpaired) electrons. The van der Waals surface area contributed by atoms with Gasteiger partial charge in [-0.05, 0) is 24.5 Å². The fourth-order valence-corrected chi connectivity index (χ4v) is 1.81. The Balaban J connectivity index is 2.35. The smallest absolute Gasteiger partial charge is 0.488 e. The number of ether oxygens (including phenoxy) is 1. The fraction of sp³-hybridized carbons (Fsp3) is 0.250. The Morgan fingerprint density at radius 3 is 2.67 bits per heavy atom. The third-order valence-corrected chi connectivity index (χ3v) is 2.85. The molecule has 0 unspecified atom stereocenters. The Labute approximate surface area is 106 Å². The van der Waals surface area contributed by atoms with Gasteiger partial charge >= 0.3 is 7.12 Å². The standard InChI is InChI=1S/C12H15BN2O3/c1-9-5-6-14-15(9)8-10-7-11(13(16)17)3-4-12(10)18-2/h3-7,16-17H,8H2,1-2H3. The first-order valence-electron chi connectivity index (χ1n) is 5.63. The first kappa shape index (κ1) is 12.7. The molecule has 0 bridgehead atoms. The Kier molecular flexibility index (Phi) is 3.69. The van der Waals surface area contributed by atoms with Gasteiger partial charge in [0.1, 0.15) is 5.75 Å². The zero-order chi connectivity index (χ0) is 13.1. The molecule has 18 heavy (non-hydrogen) atoms. The highest BCUT2D eigenvalue weighted by Gasteiger charge is 2.14. The predicted octanol–water partition coefficient (Wildman–Crippen LogP) is -0.0718. The van der Waals surface area contributed by atoms with E-state index in [0.717, 1.165) is 11.3 Å². The summed E-state index contributed by atoms with van der Waals surface area (Å²) in [6, 6.07) is 6.98. The van der Waals surface area contributed by atoms with Crippen molar-refractivity contribution < 1.29 is 14.8 Å². The van der Waals surface area contributed by atoms with Crippen molar-refractivity contribution in [3.8, 4) is 5.75 Å². The van der Waals surface area contributed by atoms with Crippen molar-refractivity contribution in [1.82, 2.24) is 9.78 Å². The van der Waals surface area contributed by atoms with E-state index < -0.39 is 7.12 Å². The molecule has 0 aliphatic heterocycles. The molecule has 1 heterocycles. The van der Waals surface area contributed by atoms with Crippen LogP contribution in [-0.2, 0) is 6.54 Å². The highest BCUT2D eigenvalue weighted by atomic mass is 16.5. The minimum absolute atomic E-state index is 0.440. The van der Waals surface area contributed by atoms with Crippen LogP contribution in [0.4, 0.5) is 0 Å². The van der Waals surface area contributed by atoms with Gasteiger partial charge in [0, 0.05) is 17.5 Å². The minimum atomic E-state index is -1.48. The van der Waals surface area contributed by atoms with E-state index in [4.69, 9.17) is 4.74 Å². The number of hydrogen-bond donors (Lipinski definition) is 2. The summed E-state index contributed by atoms with van der Waals surface area (Å²) >= 11 is 0. The molecule has 0 spiro atoms. The molecule has 1 aromatic heterocycles. The summed E-state index contributed by atoms with van der Waals surface area (Å²) in [5, 5.41) is 22.6. The van der Waals surface area contributed by atoms with Crippen molar-refractivity contribution in [3.63, 3.8) is 0 Å². The van der Waals surface area contributed by atoms with Crippen LogP contribution in [0.25, 0.3) is 0 Å². The lowest BCUT2D eigenvalue weighted by Crippen LogP contribution is -2.30. The van der Waals surface area contributed by atoms with E-state index in [-0.39, 0.29) is 0 Å². The second-order valence-electron chi connectivity index (χ2n) is 4.08. The van der Waals surface area contributed by atoms with E-state index in [1.807, 2.05) is 17.7 Å². The largest absolute Gasteiger partial charge is 0.496 e. The Morgan fingerprint density at radius 2 is 2.11 bits per heavy atom. The maximum absolute atomic E-state index is 9.18. The summed E-state index contributed by atoms with van der Waals surface area (Å²) in [7, 11) is 0.109. The second kappa shape index (κ2) is 5.24. The Morgan fingerprint density at radius 1 is 1.33 bits per heavy atom. The molecule has 5 nitrogen and oxygen atoms in total. The van der Waals surface area contributed by atoms with Crippen LogP contribution in [0, 0.1) is 6.92 Å². The summed E-state index contributed by atoms with van der Waals surface area (Å²) in [4.78, 5) is 0. The van der Waals surface area contributed by atoms with Gasteiger partial charge in [0.2, 0.25) is 0 Å². The molecule has 2 N–H and O–H groups in total. The molecule has 2 rings (SSSR count). The maximum atomic E-state index is 9.18. The third-order valence-electron chi connectivity index (χ3n) is 2.85. The molecule has 94 valence electrons. The van der Waals surface area contributed by atoms with Gasteiger partial charge in [-0.3, -0.25) is 4.68 Å². The number of methoxy groups -OCH3 is 1. The molecular weight excluding hydrogens is 231 g/mol. The van der Waals surface area contributed by atoms with E-state index in [9.17, 15) is 10.0 Å². The monoisotopic (exact) mass is 246 g/mol. The van der Waals surface area contributed by atoms with Crippen molar-refractivity contribution in [2.45, 2.75) is 13.5 Å². The number of aryl methyl sites for hydroxylation is 1. The normalized spacial score (nSPS) is 10.4. The van der Waals surface area contributed by atoms with Gasteiger partial charge in [0.15, 0.2) is 0 Å². The van der Waals surface area contributed by atoms with Crippen LogP contribution in [0.1, 0.15) is 11.3 Å². The number of nitrogens with zero attached hydrogens (tertiary/aromatic N) is 2. The van der Waals surface area contributed by atoms with E-state index in [1.165, 1.54) is 0 Å². The van der Waals surface area contributed by atoms with E-state index in [1.54, 1.807) is 31.5 Å². The van der Waals surface area contributed by atoms with E-state index in [2.05, 4.69) is 5.10 Å². The van der Waals surface area contributed by atoms with Gasteiger partial charge < -0.3 is 14.8 Å². The quantitative estimate of drug-likeness (QED) is 0.741. The average Bonchev–Trinajstić information content (AvgIpc) is 2.75. The summed E-state index contributed by atoms with van der Waals surface area (Å²) < 4.78 is 7.09. The van der Waals surface area contributed by atoms with Crippen LogP contribution in [0.15, 0.2) is 30.5 Å². The van der Waals surface area contributed by atoms with Crippen LogP contribution in [-0.4, -0.2) is 34.1 Å². The van der Waals surface area contributed by atoms with Crippen LogP contribution in [0.5, 0.6) is 5.75 Å². The summed E-state index contributed by atoms with van der Waals surface area (Å²) in [5.41, 5.74) is 2.33. The van der Waals surface area contributed by atoms with Crippen molar-refractivity contribution >= 4 is 12.6 Å². The topological polar surface area (TPSA) is 67.5 Å². The molecule has 6 heteroatoms. The molecule has 0 fully saturated rings. The third kappa shape index (κ3) is 2.55. The van der Waals surface area contributed by atoms with Crippen LogP contribution >= 0.6 is 0 Å². The van der Waals surface area contributed by atoms with Gasteiger partial charge in [-0.15, -0.1) is 0 Å². The van der Waals surface area contributed by atoms with Crippen molar-refractivity contribution in [2.24, 2.45) is 0 Å². The van der Waals surface area contributed by atoms with Crippen LogP contribution < -0.4 is 10.2 Å². The minimum Gasteiger partial charge on any atom is -0.496 e. The predicted molar refractivity (Wildman–Crippen MR) is 68.9 cm³/mol. The summed E-state index contributed by atoms with van der Waals surface area (Å²) in [5.74, 6) is 0.703. The molecule has 1 aromatic carbocycles. The molecule has 0 aliphatic carbocycles. The van der Waals surface area contributed by atoms with Crippen LogP contribution in [0.3, 0.4) is 0 Å². The van der Waals surface area contributed by atoms with Gasteiger partial charge in [-0.1, -0.05) is 12.1 Å². The SMILES string of the molecule is COc1ccc(B(O)O)cc1Cn1nccc1C. The molecule has 2 aromatic rings. The number of aromatic nitrogens is 2. The van der Waals surface area contributed by atoms with Gasteiger partial charge in [-0.2, -0.15) is 5.10 Å². The zero-order valence-electron chi connectivity index (χ0n) is 10.4. The zero-order valence-corrected chi connectivity index (χ0v) is 10.4. The van der Waals surface area contributed by atoms with Crippen molar-refractivity contribution in [2.75, 3.05) is 7.11 Å². The van der Waals surface area contributed by atoms with E-state index >= 15 is 0 Å². The lowest BCUT2D eigenvalue weighted by Gasteiger charge is -2.11. The van der Waals surface area contributed by atoms with Crippen molar-refractivity contribution in [1.29, 1.82) is 0 Å².